The van der Waals surface area contributed by atoms with E-state index < -0.39 is 12.0 Å². The molecule has 2 aliphatic heterocycles. The van der Waals surface area contributed by atoms with Crippen LogP contribution in [0.5, 0.6) is 23.0 Å². The second-order valence-electron chi connectivity index (χ2n) is 9.95. The Morgan fingerprint density at radius 3 is 2.58 bits per heavy atom. The molecular weight excluding hydrogens is 570 g/mol. The lowest BCUT2D eigenvalue weighted by atomic mass is 9.97. The Morgan fingerprint density at radius 2 is 1.81 bits per heavy atom. The summed E-state index contributed by atoms with van der Waals surface area (Å²) in [5.41, 5.74) is 4.44. The number of nitrogens with zero attached hydrogens (tertiary/aromatic N) is 3. The number of esters is 1. The maximum absolute atomic E-state index is 14.0. The molecule has 0 spiro atoms. The molecule has 2 aromatic carbocycles. The average molecular weight is 602 g/mol. The maximum Gasteiger partial charge on any atom is 0.337 e. The zero-order chi connectivity index (χ0) is 30.2. The molecule has 43 heavy (non-hydrogen) atoms. The third-order valence-corrected chi connectivity index (χ3v) is 8.38. The Balaban J connectivity index is 1.47. The number of thiazole rings is 1. The molecule has 0 saturated heterocycles. The molecule has 4 aromatic rings. The smallest absolute Gasteiger partial charge is 0.337 e. The lowest BCUT2D eigenvalue weighted by Gasteiger charge is -2.23. The highest BCUT2D eigenvalue weighted by Crippen LogP contribution is 2.36. The van der Waals surface area contributed by atoms with Crippen LogP contribution < -0.4 is 33.8 Å². The van der Waals surface area contributed by atoms with Gasteiger partial charge in [-0.05, 0) is 75.2 Å². The van der Waals surface area contributed by atoms with Crippen LogP contribution in [0.3, 0.4) is 0 Å². The van der Waals surface area contributed by atoms with Crippen LogP contribution in [0.25, 0.3) is 11.8 Å². The highest BCUT2D eigenvalue weighted by molar-refractivity contribution is 7.07. The molecule has 0 fully saturated rings. The van der Waals surface area contributed by atoms with Gasteiger partial charge in [-0.3, -0.25) is 9.36 Å². The molecule has 4 heterocycles. The van der Waals surface area contributed by atoms with Crippen molar-refractivity contribution in [3.63, 3.8) is 0 Å². The maximum atomic E-state index is 14.0. The largest absolute Gasteiger partial charge is 0.490 e. The number of carbonyl (C=O) groups excluding carboxylic acids is 1. The van der Waals surface area contributed by atoms with Gasteiger partial charge in [0.15, 0.2) is 27.8 Å². The molecule has 0 N–H and O–H groups in total. The molecule has 2 aromatic heterocycles. The third kappa shape index (κ3) is 4.99. The summed E-state index contributed by atoms with van der Waals surface area (Å²) in [6.45, 7) is 8.90. The predicted octanol–water partition coefficient (Wildman–Crippen LogP) is 3.95. The molecule has 1 atom stereocenters. The van der Waals surface area contributed by atoms with Gasteiger partial charge in [0.2, 0.25) is 6.79 Å². The molecule has 0 radical (unpaired) electrons. The van der Waals surface area contributed by atoms with Crippen LogP contribution in [-0.2, 0) is 9.53 Å². The molecule has 0 aliphatic carbocycles. The first-order valence-electron chi connectivity index (χ1n) is 13.9. The van der Waals surface area contributed by atoms with Crippen LogP contribution in [0.2, 0.25) is 0 Å². The molecule has 11 heteroatoms. The summed E-state index contributed by atoms with van der Waals surface area (Å²) >= 11 is 1.27. The van der Waals surface area contributed by atoms with Crippen molar-refractivity contribution in [1.29, 1.82) is 0 Å². The zero-order valence-corrected chi connectivity index (χ0v) is 25.3. The first kappa shape index (κ1) is 28.4. The molecule has 0 saturated carbocycles. The van der Waals surface area contributed by atoms with E-state index in [0.29, 0.717) is 51.1 Å². The van der Waals surface area contributed by atoms with Gasteiger partial charge in [-0.15, -0.1) is 0 Å². The SMILES string of the molecule is CCOc1ccc([C@H]2C(C(=O)OC)=CN=c3s/c(=C\c4cc(C)n(-c5ccc6c(c5)OCO6)c4C)c(=O)n32)cc1OCC. The minimum Gasteiger partial charge on any atom is -0.490 e. The summed E-state index contributed by atoms with van der Waals surface area (Å²) in [5.74, 6) is 1.96. The minimum absolute atomic E-state index is 0.205. The van der Waals surface area contributed by atoms with Gasteiger partial charge in [-0.1, -0.05) is 17.4 Å². The molecule has 0 bridgehead atoms. The standard InChI is InChI=1S/C32H31N3O7S/c1-6-39-24-10-8-20(13-26(24)40-7-2)29-23(31(37)38-5)16-33-32-35(29)30(36)28(43-32)14-21-12-18(3)34(19(21)4)22-9-11-25-27(15-22)42-17-41-25/h8-16,29H,6-7,17H2,1-5H3/b28-14-/t29-/m0/s1. The summed E-state index contributed by atoms with van der Waals surface area (Å²) in [6.07, 6.45) is 3.35. The Morgan fingerprint density at radius 1 is 1.05 bits per heavy atom. The van der Waals surface area contributed by atoms with E-state index >= 15 is 0 Å². The number of methoxy groups -OCH3 is 1. The monoisotopic (exact) mass is 601 g/mol. The first-order valence-corrected chi connectivity index (χ1v) is 14.7. The van der Waals surface area contributed by atoms with Crippen molar-refractivity contribution in [3.05, 3.63) is 96.4 Å². The normalized spacial score (nSPS) is 15.5. The van der Waals surface area contributed by atoms with Crippen molar-refractivity contribution in [3.8, 4) is 28.7 Å². The molecule has 6 rings (SSSR count). The van der Waals surface area contributed by atoms with Gasteiger partial charge in [0.25, 0.3) is 5.56 Å². The van der Waals surface area contributed by atoms with Crippen LogP contribution in [-0.4, -0.2) is 42.2 Å². The molecule has 0 amide bonds. The first-order chi connectivity index (χ1) is 20.8. The van der Waals surface area contributed by atoms with E-state index in [1.54, 1.807) is 16.7 Å². The van der Waals surface area contributed by atoms with E-state index in [-0.39, 0.29) is 17.9 Å². The van der Waals surface area contributed by atoms with Crippen LogP contribution in [0.15, 0.2) is 64.0 Å². The van der Waals surface area contributed by atoms with Gasteiger partial charge in [0.1, 0.15) is 0 Å². The fraction of sp³-hybridized carbons (Fsp3) is 0.281. The van der Waals surface area contributed by atoms with Gasteiger partial charge in [-0.2, -0.15) is 0 Å². The van der Waals surface area contributed by atoms with Crippen LogP contribution in [0.1, 0.15) is 42.4 Å². The highest BCUT2D eigenvalue weighted by Gasteiger charge is 2.31. The van der Waals surface area contributed by atoms with E-state index in [1.165, 1.54) is 24.6 Å². The average Bonchev–Trinajstić information content (AvgIpc) is 3.68. The molecule has 2 aliphatic rings. The number of hydrogen-bond acceptors (Lipinski definition) is 9. The van der Waals surface area contributed by atoms with Gasteiger partial charge >= 0.3 is 5.97 Å². The second-order valence-corrected chi connectivity index (χ2v) is 11.0. The van der Waals surface area contributed by atoms with Gasteiger partial charge in [0, 0.05) is 29.3 Å². The third-order valence-electron chi connectivity index (χ3n) is 7.38. The number of ether oxygens (including phenoxy) is 5. The van der Waals surface area contributed by atoms with Gasteiger partial charge in [0.05, 0.1) is 36.5 Å². The van der Waals surface area contributed by atoms with Crippen LogP contribution in [0, 0.1) is 13.8 Å². The Labute approximate surface area is 251 Å². The van der Waals surface area contributed by atoms with Crippen LogP contribution in [0.4, 0.5) is 0 Å². The van der Waals surface area contributed by atoms with Crippen molar-refractivity contribution < 1.29 is 28.5 Å². The van der Waals surface area contributed by atoms with Crippen molar-refractivity contribution in [2.24, 2.45) is 4.99 Å². The number of hydrogen-bond donors (Lipinski definition) is 0. The lowest BCUT2D eigenvalue weighted by molar-refractivity contribution is -0.136. The number of aryl methyl sites for hydroxylation is 1. The molecule has 0 unspecified atom stereocenters. The number of aromatic nitrogens is 2. The summed E-state index contributed by atoms with van der Waals surface area (Å²) in [6, 6.07) is 12.5. The summed E-state index contributed by atoms with van der Waals surface area (Å²) in [4.78, 5) is 31.9. The summed E-state index contributed by atoms with van der Waals surface area (Å²) in [5, 5.41) is 0. The molecule has 222 valence electrons. The highest BCUT2D eigenvalue weighted by atomic mass is 32.1. The van der Waals surface area contributed by atoms with E-state index in [4.69, 9.17) is 23.7 Å². The Bertz CT molecular complexity index is 1950. The Kier molecular flexibility index (Phi) is 7.57. The number of carbonyl (C=O) groups is 1. The zero-order valence-electron chi connectivity index (χ0n) is 24.5. The fourth-order valence-corrected chi connectivity index (χ4v) is 6.44. The van der Waals surface area contributed by atoms with E-state index in [1.807, 2.05) is 64.1 Å². The van der Waals surface area contributed by atoms with Crippen molar-refractivity contribution >= 4 is 23.4 Å². The van der Waals surface area contributed by atoms with Crippen molar-refractivity contribution in [2.75, 3.05) is 27.1 Å². The Hall–Kier alpha value is -4.77. The fourth-order valence-electron chi connectivity index (χ4n) is 5.48. The lowest BCUT2D eigenvalue weighted by Crippen LogP contribution is -2.39. The topological polar surface area (TPSA) is 103 Å². The van der Waals surface area contributed by atoms with Gasteiger partial charge in [-0.25, -0.2) is 9.79 Å². The number of benzene rings is 2. The van der Waals surface area contributed by atoms with E-state index in [2.05, 4.69) is 9.56 Å². The minimum atomic E-state index is -0.762. The van der Waals surface area contributed by atoms with Crippen LogP contribution >= 0.6 is 11.3 Å². The number of rotatable bonds is 8. The van der Waals surface area contributed by atoms with Crippen molar-refractivity contribution in [2.45, 2.75) is 33.7 Å². The summed E-state index contributed by atoms with van der Waals surface area (Å²) in [7, 11) is 1.31. The molecule has 10 nitrogen and oxygen atoms in total. The predicted molar refractivity (Wildman–Crippen MR) is 161 cm³/mol. The van der Waals surface area contributed by atoms with Crippen molar-refractivity contribution in [1.82, 2.24) is 9.13 Å². The number of fused-ring (bicyclic) bond motifs is 2. The summed E-state index contributed by atoms with van der Waals surface area (Å²) < 4.78 is 31.8. The second kappa shape index (κ2) is 11.5. The molecular formula is C32H31N3O7S. The van der Waals surface area contributed by atoms with Gasteiger partial charge < -0.3 is 28.3 Å². The quantitative estimate of drug-likeness (QED) is 0.282. The van der Waals surface area contributed by atoms with E-state index in [0.717, 1.165) is 22.6 Å². The van der Waals surface area contributed by atoms with E-state index in [9.17, 15) is 9.59 Å².